The summed E-state index contributed by atoms with van der Waals surface area (Å²) in [5.41, 5.74) is -0.473. The number of ether oxygens (including phenoxy) is 2. The largest absolute Gasteiger partial charge is 0.444 e. The second kappa shape index (κ2) is 7.99. The predicted molar refractivity (Wildman–Crippen MR) is 87.1 cm³/mol. The number of carbonyl (C=O) groups is 2. The van der Waals surface area contributed by atoms with Gasteiger partial charge in [0, 0.05) is 31.2 Å². The van der Waals surface area contributed by atoms with E-state index in [2.05, 4.69) is 10.6 Å². The highest BCUT2D eigenvalue weighted by Gasteiger charge is 2.28. The highest BCUT2D eigenvalue weighted by atomic mass is 16.6. The van der Waals surface area contributed by atoms with Crippen molar-refractivity contribution < 1.29 is 19.1 Å². The van der Waals surface area contributed by atoms with Crippen LogP contribution in [0.4, 0.5) is 4.79 Å². The van der Waals surface area contributed by atoms with E-state index in [0.717, 1.165) is 38.5 Å². The molecule has 0 bridgehead atoms. The monoisotopic (exact) mass is 326 g/mol. The van der Waals surface area contributed by atoms with Crippen LogP contribution in [0.3, 0.4) is 0 Å². The minimum atomic E-state index is -0.473. The van der Waals surface area contributed by atoms with Crippen molar-refractivity contribution in [3.05, 3.63) is 0 Å². The van der Waals surface area contributed by atoms with Gasteiger partial charge in [-0.15, -0.1) is 0 Å². The van der Waals surface area contributed by atoms with Gasteiger partial charge in [-0.3, -0.25) is 4.79 Å². The molecule has 1 saturated carbocycles. The van der Waals surface area contributed by atoms with E-state index >= 15 is 0 Å². The fourth-order valence-corrected chi connectivity index (χ4v) is 3.14. The molecule has 6 nitrogen and oxygen atoms in total. The highest BCUT2D eigenvalue weighted by molar-refractivity contribution is 5.79. The van der Waals surface area contributed by atoms with Crippen molar-refractivity contribution in [2.75, 3.05) is 13.2 Å². The highest BCUT2D eigenvalue weighted by Crippen LogP contribution is 2.21. The lowest BCUT2D eigenvalue weighted by molar-refractivity contribution is -0.128. The molecule has 2 N–H and O–H groups in total. The molecule has 0 aromatic carbocycles. The van der Waals surface area contributed by atoms with E-state index in [4.69, 9.17) is 9.47 Å². The van der Waals surface area contributed by atoms with Crippen molar-refractivity contribution in [3.63, 3.8) is 0 Å². The van der Waals surface area contributed by atoms with Gasteiger partial charge in [-0.05, 0) is 59.3 Å². The standard InChI is InChI=1S/C17H30N2O4/c1-17(2,3)23-16(21)19-14-6-4-13(5-7-14)18-15(20)12-8-10-22-11-9-12/h12-14H,4-11H2,1-3H3,(H,18,20)(H,19,21). The fourth-order valence-electron chi connectivity index (χ4n) is 3.14. The first-order chi connectivity index (χ1) is 10.8. The molecule has 0 radical (unpaired) electrons. The molecule has 2 rings (SSSR count). The van der Waals surface area contributed by atoms with Crippen LogP contribution in [-0.2, 0) is 14.3 Å². The first-order valence-electron chi connectivity index (χ1n) is 8.71. The molecule has 0 atom stereocenters. The minimum absolute atomic E-state index is 0.0985. The van der Waals surface area contributed by atoms with Crippen LogP contribution in [0, 0.1) is 5.92 Å². The van der Waals surface area contributed by atoms with Crippen LogP contribution in [-0.4, -0.2) is 42.9 Å². The van der Waals surface area contributed by atoms with Gasteiger partial charge in [0.1, 0.15) is 5.60 Å². The predicted octanol–water partition coefficient (Wildman–Crippen LogP) is 2.37. The second-order valence-corrected chi connectivity index (χ2v) is 7.59. The summed E-state index contributed by atoms with van der Waals surface area (Å²) in [5.74, 6) is 0.262. The molecule has 1 aliphatic heterocycles. The van der Waals surface area contributed by atoms with Gasteiger partial charge in [0.15, 0.2) is 0 Å². The molecule has 23 heavy (non-hydrogen) atoms. The normalized spacial score (nSPS) is 26.4. The zero-order valence-electron chi connectivity index (χ0n) is 14.5. The van der Waals surface area contributed by atoms with Crippen molar-refractivity contribution >= 4 is 12.0 Å². The number of hydrogen-bond donors (Lipinski definition) is 2. The number of hydrogen-bond acceptors (Lipinski definition) is 4. The average molecular weight is 326 g/mol. The Bertz CT molecular complexity index is 405. The third-order valence-corrected chi connectivity index (χ3v) is 4.39. The van der Waals surface area contributed by atoms with Crippen LogP contribution in [0.5, 0.6) is 0 Å². The number of carbonyl (C=O) groups excluding carboxylic acids is 2. The molecule has 1 heterocycles. The van der Waals surface area contributed by atoms with Gasteiger partial charge >= 0.3 is 6.09 Å². The number of rotatable bonds is 3. The van der Waals surface area contributed by atoms with Gasteiger partial charge in [-0.2, -0.15) is 0 Å². The van der Waals surface area contributed by atoms with E-state index < -0.39 is 5.60 Å². The number of nitrogens with one attached hydrogen (secondary N) is 2. The molecule has 0 unspecified atom stereocenters. The lowest BCUT2D eigenvalue weighted by Gasteiger charge is -2.31. The summed E-state index contributed by atoms with van der Waals surface area (Å²) in [6.07, 6.45) is 4.83. The molecule has 2 fully saturated rings. The summed E-state index contributed by atoms with van der Waals surface area (Å²) >= 11 is 0. The maximum Gasteiger partial charge on any atom is 0.407 e. The van der Waals surface area contributed by atoms with Gasteiger partial charge in [0.05, 0.1) is 0 Å². The van der Waals surface area contributed by atoms with E-state index in [-0.39, 0.29) is 30.0 Å². The molecule has 2 aliphatic rings. The van der Waals surface area contributed by atoms with Crippen LogP contribution in [0.15, 0.2) is 0 Å². The Morgan fingerprint density at radius 2 is 1.43 bits per heavy atom. The van der Waals surface area contributed by atoms with E-state index in [9.17, 15) is 9.59 Å². The molecule has 6 heteroatoms. The smallest absolute Gasteiger partial charge is 0.407 e. The van der Waals surface area contributed by atoms with Gasteiger partial charge in [0.25, 0.3) is 0 Å². The van der Waals surface area contributed by atoms with E-state index in [1.54, 1.807) is 0 Å². The second-order valence-electron chi connectivity index (χ2n) is 7.59. The summed E-state index contributed by atoms with van der Waals surface area (Å²) in [6.45, 7) is 6.94. The number of amides is 2. The van der Waals surface area contributed by atoms with Crippen molar-refractivity contribution in [1.82, 2.24) is 10.6 Å². The van der Waals surface area contributed by atoms with Crippen LogP contribution in [0.1, 0.15) is 59.3 Å². The van der Waals surface area contributed by atoms with Crippen molar-refractivity contribution in [2.24, 2.45) is 5.92 Å². The van der Waals surface area contributed by atoms with E-state index in [0.29, 0.717) is 13.2 Å². The van der Waals surface area contributed by atoms with Crippen LogP contribution >= 0.6 is 0 Å². The molecule has 132 valence electrons. The SMILES string of the molecule is CC(C)(C)OC(=O)NC1CCC(NC(=O)C2CCOCC2)CC1. The Labute approximate surface area is 138 Å². The molecular weight excluding hydrogens is 296 g/mol. The van der Waals surface area contributed by atoms with Crippen molar-refractivity contribution in [3.8, 4) is 0 Å². The number of alkyl carbamates (subject to hydrolysis) is 1. The summed E-state index contributed by atoms with van der Waals surface area (Å²) in [5, 5.41) is 6.08. The minimum Gasteiger partial charge on any atom is -0.444 e. The van der Waals surface area contributed by atoms with E-state index in [1.165, 1.54) is 0 Å². The van der Waals surface area contributed by atoms with Crippen molar-refractivity contribution in [2.45, 2.75) is 77.0 Å². The summed E-state index contributed by atoms with van der Waals surface area (Å²) in [7, 11) is 0. The first-order valence-corrected chi connectivity index (χ1v) is 8.71. The quantitative estimate of drug-likeness (QED) is 0.835. The van der Waals surface area contributed by atoms with Crippen LogP contribution in [0.25, 0.3) is 0 Å². The molecule has 1 aliphatic carbocycles. The molecular formula is C17H30N2O4. The topological polar surface area (TPSA) is 76.7 Å². The third kappa shape index (κ3) is 6.37. The molecule has 2 amide bonds. The maximum atomic E-state index is 12.2. The average Bonchev–Trinajstić information content (AvgIpc) is 2.48. The third-order valence-electron chi connectivity index (χ3n) is 4.39. The molecule has 0 aromatic heterocycles. The fraction of sp³-hybridized carbons (Fsp3) is 0.882. The summed E-state index contributed by atoms with van der Waals surface area (Å²) in [6, 6.07) is 0.364. The van der Waals surface area contributed by atoms with Gasteiger partial charge in [-0.25, -0.2) is 4.79 Å². The van der Waals surface area contributed by atoms with Crippen molar-refractivity contribution in [1.29, 1.82) is 0 Å². The van der Waals surface area contributed by atoms with E-state index in [1.807, 2.05) is 20.8 Å². The Hall–Kier alpha value is -1.30. The van der Waals surface area contributed by atoms with Gasteiger partial charge < -0.3 is 20.1 Å². The van der Waals surface area contributed by atoms with Gasteiger partial charge in [0.2, 0.25) is 5.91 Å². The summed E-state index contributed by atoms with van der Waals surface area (Å²) in [4.78, 5) is 24.0. The Kier molecular flexibility index (Phi) is 6.27. The summed E-state index contributed by atoms with van der Waals surface area (Å²) < 4.78 is 10.6. The van der Waals surface area contributed by atoms with Gasteiger partial charge in [-0.1, -0.05) is 0 Å². The Morgan fingerprint density at radius 3 is 1.96 bits per heavy atom. The lowest BCUT2D eigenvalue weighted by atomic mass is 9.90. The molecule has 0 spiro atoms. The molecule has 1 saturated heterocycles. The van der Waals surface area contributed by atoms with Crippen LogP contribution < -0.4 is 10.6 Å². The lowest BCUT2D eigenvalue weighted by Crippen LogP contribution is -2.46. The molecule has 0 aromatic rings. The Morgan fingerprint density at radius 1 is 0.913 bits per heavy atom. The zero-order valence-corrected chi connectivity index (χ0v) is 14.5. The zero-order chi connectivity index (χ0) is 16.9. The van der Waals surface area contributed by atoms with Crippen LogP contribution in [0.2, 0.25) is 0 Å². The first kappa shape index (κ1) is 18.0. The maximum absolute atomic E-state index is 12.2. The Balaban J connectivity index is 1.67.